The van der Waals surface area contributed by atoms with Crippen LogP contribution in [0.15, 0.2) is 12.7 Å². The third-order valence-corrected chi connectivity index (χ3v) is 2.56. The third-order valence-electron chi connectivity index (χ3n) is 2.56. The Morgan fingerprint density at radius 3 is 3.20 bits per heavy atom. The predicted octanol–water partition coefficient (Wildman–Crippen LogP) is 2.43. The Morgan fingerprint density at radius 1 is 1.60 bits per heavy atom. The van der Waals surface area contributed by atoms with E-state index < -0.39 is 0 Å². The van der Waals surface area contributed by atoms with Gasteiger partial charge >= 0.3 is 0 Å². The van der Waals surface area contributed by atoms with Crippen LogP contribution in [0.5, 0.6) is 0 Å². The normalized spacial score (nSPS) is 25.8. The second-order valence-corrected chi connectivity index (χ2v) is 3.75. The van der Waals surface area contributed by atoms with Crippen LogP contribution in [0.1, 0.15) is 32.1 Å². The molecule has 0 bridgehead atoms. The van der Waals surface area contributed by atoms with Crippen LogP contribution in [0.2, 0.25) is 0 Å². The van der Waals surface area contributed by atoms with Crippen molar-refractivity contribution < 1.29 is 9.47 Å². The van der Waals surface area contributed by atoms with E-state index in [1.165, 1.54) is 0 Å². The van der Waals surface area contributed by atoms with Crippen LogP contribution < -0.4 is 0 Å². The molecule has 1 rings (SSSR count). The molecule has 0 radical (unpaired) electrons. The first kappa shape index (κ1) is 12.2. The summed E-state index contributed by atoms with van der Waals surface area (Å²) in [5.41, 5.74) is 0. The standard InChI is InChI=1S/C12H19NO2/c1-2-3-4-9-14-11-6-5-10-15-12(11)7-8-13/h2,11-12H,1,3-7,9-10H2/t11-,12+/m0/s1. The topological polar surface area (TPSA) is 42.2 Å². The summed E-state index contributed by atoms with van der Waals surface area (Å²) in [6, 6.07) is 2.15. The molecule has 2 atom stereocenters. The Kier molecular flexibility index (Phi) is 6.06. The average Bonchev–Trinajstić information content (AvgIpc) is 2.27. The van der Waals surface area contributed by atoms with Crippen LogP contribution in [0.4, 0.5) is 0 Å². The fourth-order valence-electron chi connectivity index (χ4n) is 1.75. The number of nitrogens with zero attached hydrogens (tertiary/aromatic N) is 1. The fourth-order valence-corrected chi connectivity index (χ4v) is 1.75. The summed E-state index contributed by atoms with van der Waals surface area (Å²) in [5.74, 6) is 0. The van der Waals surface area contributed by atoms with E-state index in [4.69, 9.17) is 14.7 Å². The summed E-state index contributed by atoms with van der Waals surface area (Å²) in [5, 5.41) is 8.65. The van der Waals surface area contributed by atoms with E-state index in [0.29, 0.717) is 6.42 Å². The van der Waals surface area contributed by atoms with Gasteiger partial charge in [-0.25, -0.2) is 0 Å². The lowest BCUT2D eigenvalue weighted by molar-refractivity contribution is -0.103. The van der Waals surface area contributed by atoms with E-state index in [1.54, 1.807) is 0 Å². The Labute approximate surface area is 91.7 Å². The minimum absolute atomic E-state index is 0.0209. The van der Waals surface area contributed by atoms with Crippen molar-refractivity contribution in [2.75, 3.05) is 13.2 Å². The predicted molar refractivity (Wildman–Crippen MR) is 58.4 cm³/mol. The van der Waals surface area contributed by atoms with Gasteiger partial charge in [-0.15, -0.1) is 6.58 Å². The number of allylic oxidation sites excluding steroid dienone is 1. The Balaban J connectivity index is 2.23. The highest BCUT2D eigenvalue weighted by Crippen LogP contribution is 2.19. The van der Waals surface area contributed by atoms with Gasteiger partial charge in [-0.1, -0.05) is 6.08 Å². The molecular weight excluding hydrogens is 190 g/mol. The van der Waals surface area contributed by atoms with Gasteiger partial charge in [0.15, 0.2) is 0 Å². The van der Waals surface area contributed by atoms with Crippen molar-refractivity contribution in [3.8, 4) is 6.07 Å². The highest BCUT2D eigenvalue weighted by Gasteiger charge is 2.26. The SMILES string of the molecule is C=CCCCO[C@H]1CCCO[C@@H]1CC#N. The third kappa shape index (κ3) is 4.46. The number of hydrogen-bond acceptors (Lipinski definition) is 3. The maximum Gasteiger partial charge on any atom is 0.0966 e. The van der Waals surface area contributed by atoms with Gasteiger partial charge in [-0.3, -0.25) is 0 Å². The molecule has 0 unspecified atom stereocenters. The van der Waals surface area contributed by atoms with Crippen molar-refractivity contribution >= 4 is 0 Å². The van der Waals surface area contributed by atoms with E-state index >= 15 is 0 Å². The van der Waals surface area contributed by atoms with Crippen LogP contribution in [-0.4, -0.2) is 25.4 Å². The zero-order chi connectivity index (χ0) is 10.9. The minimum atomic E-state index is -0.0209. The molecule has 0 amide bonds. The first-order chi connectivity index (χ1) is 7.38. The molecule has 3 nitrogen and oxygen atoms in total. The lowest BCUT2D eigenvalue weighted by Crippen LogP contribution is -2.36. The van der Waals surface area contributed by atoms with Gasteiger partial charge in [-0.05, 0) is 25.7 Å². The number of ether oxygens (including phenoxy) is 2. The van der Waals surface area contributed by atoms with Gasteiger partial charge in [0.05, 0.1) is 24.7 Å². The van der Waals surface area contributed by atoms with Gasteiger partial charge in [0.25, 0.3) is 0 Å². The van der Waals surface area contributed by atoms with Gasteiger partial charge < -0.3 is 9.47 Å². The molecule has 0 aromatic carbocycles. The summed E-state index contributed by atoms with van der Waals surface area (Å²) >= 11 is 0. The van der Waals surface area contributed by atoms with Gasteiger partial charge in [0, 0.05) is 13.2 Å². The molecule has 1 aliphatic rings. The quantitative estimate of drug-likeness (QED) is 0.498. The molecule has 1 aliphatic heterocycles. The van der Waals surface area contributed by atoms with E-state index in [1.807, 2.05) is 6.08 Å². The Morgan fingerprint density at radius 2 is 2.47 bits per heavy atom. The zero-order valence-electron chi connectivity index (χ0n) is 9.15. The largest absolute Gasteiger partial charge is 0.375 e. The van der Waals surface area contributed by atoms with Crippen molar-refractivity contribution in [2.45, 2.75) is 44.3 Å². The van der Waals surface area contributed by atoms with Gasteiger partial charge in [0.1, 0.15) is 0 Å². The second-order valence-electron chi connectivity index (χ2n) is 3.75. The molecule has 0 aromatic heterocycles. The highest BCUT2D eigenvalue weighted by molar-refractivity contribution is 4.84. The van der Waals surface area contributed by atoms with Crippen molar-refractivity contribution in [1.29, 1.82) is 5.26 Å². The molecule has 0 spiro atoms. The molecule has 3 heteroatoms. The van der Waals surface area contributed by atoms with Crippen LogP contribution in [0.25, 0.3) is 0 Å². The van der Waals surface area contributed by atoms with Crippen LogP contribution >= 0.6 is 0 Å². The van der Waals surface area contributed by atoms with Gasteiger partial charge in [-0.2, -0.15) is 5.26 Å². The molecule has 1 heterocycles. The lowest BCUT2D eigenvalue weighted by atomic mass is 10.0. The Hall–Kier alpha value is -0.850. The first-order valence-corrected chi connectivity index (χ1v) is 5.59. The number of nitriles is 1. The first-order valence-electron chi connectivity index (χ1n) is 5.59. The molecule has 0 saturated carbocycles. The van der Waals surface area contributed by atoms with E-state index in [-0.39, 0.29) is 12.2 Å². The molecule has 1 fully saturated rings. The monoisotopic (exact) mass is 209 g/mol. The smallest absolute Gasteiger partial charge is 0.0966 e. The summed E-state index contributed by atoms with van der Waals surface area (Å²) in [6.07, 6.45) is 6.46. The molecule has 84 valence electrons. The number of unbranched alkanes of at least 4 members (excludes halogenated alkanes) is 1. The maximum atomic E-state index is 8.65. The second kappa shape index (κ2) is 7.44. The molecule has 1 saturated heterocycles. The molecule has 15 heavy (non-hydrogen) atoms. The van der Waals surface area contributed by atoms with Crippen molar-refractivity contribution in [3.05, 3.63) is 12.7 Å². The van der Waals surface area contributed by atoms with E-state index in [0.717, 1.165) is 38.9 Å². The van der Waals surface area contributed by atoms with E-state index in [2.05, 4.69) is 12.6 Å². The Bertz CT molecular complexity index is 222. The summed E-state index contributed by atoms with van der Waals surface area (Å²) in [4.78, 5) is 0. The van der Waals surface area contributed by atoms with Crippen molar-refractivity contribution in [2.24, 2.45) is 0 Å². The molecular formula is C12H19NO2. The van der Waals surface area contributed by atoms with Crippen molar-refractivity contribution in [1.82, 2.24) is 0 Å². The highest BCUT2D eigenvalue weighted by atomic mass is 16.5. The maximum absolute atomic E-state index is 8.65. The number of hydrogen-bond donors (Lipinski definition) is 0. The van der Waals surface area contributed by atoms with Crippen LogP contribution in [0, 0.1) is 11.3 Å². The molecule has 0 N–H and O–H groups in total. The zero-order valence-corrected chi connectivity index (χ0v) is 9.15. The van der Waals surface area contributed by atoms with Crippen molar-refractivity contribution in [3.63, 3.8) is 0 Å². The number of rotatable bonds is 6. The minimum Gasteiger partial charge on any atom is -0.375 e. The van der Waals surface area contributed by atoms with Crippen LogP contribution in [0.3, 0.4) is 0 Å². The summed E-state index contributed by atoms with van der Waals surface area (Å²) in [6.45, 7) is 5.17. The molecule has 0 aliphatic carbocycles. The molecule has 0 aromatic rings. The van der Waals surface area contributed by atoms with Crippen LogP contribution in [-0.2, 0) is 9.47 Å². The van der Waals surface area contributed by atoms with Gasteiger partial charge in [0.2, 0.25) is 0 Å². The summed E-state index contributed by atoms with van der Waals surface area (Å²) < 4.78 is 11.2. The summed E-state index contributed by atoms with van der Waals surface area (Å²) in [7, 11) is 0. The fraction of sp³-hybridized carbons (Fsp3) is 0.750. The lowest BCUT2D eigenvalue weighted by Gasteiger charge is -2.30. The average molecular weight is 209 g/mol. The van der Waals surface area contributed by atoms with E-state index in [9.17, 15) is 0 Å².